The van der Waals surface area contributed by atoms with Crippen LogP contribution in [0.25, 0.3) is 0 Å². The van der Waals surface area contributed by atoms with Crippen molar-refractivity contribution in [3.8, 4) is 0 Å². The smallest absolute Gasteiger partial charge is 0.412 e. The lowest BCUT2D eigenvalue weighted by atomic mass is 10.4. The van der Waals surface area contributed by atoms with Crippen LogP contribution in [0.2, 0.25) is 0 Å². The second-order valence-electron chi connectivity index (χ2n) is 3.38. The summed E-state index contributed by atoms with van der Waals surface area (Å²) in [5, 5.41) is 11.7. The molecule has 1 aromatic rings. The van der Waals surface area contributed by atoms with Gasteiger partial charge < -0.3 is 5.11 Å². The summed E-state index contributed by atoms with van der Waals surface area (Å²) < 4.78 is 0. The van der Waals surface area contributed by atoms with Gasteiger partial charge in [-0.15, -0.1) is 11.3 Å². The van der Waals surface area contributed by atoms with E-state index in [1.807, 2.05) is 17.5 Å². The molecule has 0 spiro atoms. The molecule has 2 atom stereocenters. The molecule has 4 heteroatoms. The van der Waals surface area contributed by atoms with Gasteiger partial charge in [0.05, 0.1) is 0 Å². The minimum atomic E-state index is -0.836. The second-order valence-corrected chi connectivity index (χ2v) is 4.31. The molecule has 1 saturated carbocycles. The Bertz CT molecular complexity index is 309. The van der Waals surface area contributed by atoms with E-state index in [1.165, 1.54) is 16.2 Å². The molecule has 1 amide bonds. The molecule has 1 aliphatic rings. The van der Waals surface area contributed by atoms with Gasteiger partial charge in [-0.2, -0.15) is 0 Å². The lowest BCUT2D eigenvalue weighted by Gasteiger charge is -2.16. The van der Waals surface area contributed by atoms with Gasteiger partial charge in [0.2, 0.25) is 0 Å². The Morgan fingerprint density at radius 3 is 2.85 bits per heavy atom. The fourth-order valence-electron chi connectivity index (χ4n) is 1.47. The average molecular weight is 197 g/mol. The topological polar surface area (TPSA) is 40.5 Å². The first kappa shape index (κ1) is 8.56. The maximum Gasteiger partial charge on any atom is 0.412 e. The van der Waals surface area contributed by atoms with Crippen LogP contribution in [-0.2, 0) is 0 Å². The predicted octanol–water partition coefficient (Wildman–Crippen LogP) is 2.64. The number of thiophene rings is 1. The van der Waals surface area contributed by atoms with Crippen molar-refractivity contribution in [3.63, 3.8) is 0 Å². The molecule has 1 aromatic heterocycles. The van der Waals surface area contributed by atoms with Crippen molar-refractivity contribution in [1.82, 2.24) is 0 Å². The van der Waals surface area contributed by atoms with Crippen LogP contribution >= 0.6 is 11.3 Å². The number of amides is 1. The van der Waals surface area contributed by atoms with Gasteiger partial charge in [0.25, 0.3) is 0 Å². The summed E-state index contributed by atoms with van der Waals surface area (Å²) in [5.41, 5.74) is 0. The van der Waals surface area contributed by atoms with Gasteiger partial charge in [0, 0.05) is 6.04 Å². The largest absolute Gasteiger partial charge is 0.465 e. The lowest BCUT2D eigenvalue weighted by Crippen LogP contribution is -2.31. The summed E-state index contributed by atoms with van der Waals surface area (Å²) >= 11 is 1.47. The van der Waals surface area contributed by atoms with Crippen LogP contribution < -0.4 is 4.90 Å². The van der Waals surface area contributed by atoms with Crippen molar-refractivity contribution < 1.29 is 9.90 Å². The average Bonchev–Trinajstić information content (AvgIpc) is 2.61. The molecule has 0 aromatic carbocycles. The number of hydrogen-bond acceptors (Lipinski definition) is 2. The zero-order valence-corrected chi connectivity index (χ0v) is 8.12. The van der Waals surface area contributed by atoms with Gasteiger partial charge in [-0.1, -0.05) is 6.92 Å². The Kier molecular flexibility index (Phi) is 2.00. The summed E-state index contributed by atoms with van der Waals surface area (Å²) in [6.45, 7) is 2.08. The molecule has 1 heterocycles. The summed E-state index contributed by atoms with van der Waals surface area (Å²) in [5.74, 6) is 0.512. The Balaban J connectivity index is 2.20. The molecule has 1 N–H and O–H groups in total. The van der Waals surface area contributed by atoms with E-state index < -0.39 is 6.09 Å². The first-order valence-electron chi connectivity index (χ1n) is 4.26. The van der Waals surface area contributed by atoms with E-state index in [1.54, 1.807) is 0 Å². The quantitative estimate of drug-likeness (QED) is 0.791. The summed E-state index contributed by atoms with van der Waals surface area (Å²) in [6, 6.07) is 3.93. The van der Waals surface area contributed by atoms with Gasteiger partial charge in [-0.25, -0.2) is 4.79 Å². The number of anilines is 1. The highest BCUT2D eigenvalue weighted by atomic mass is 32.1. The van der Waals surface area contributed by atoms with Gasteiger partial charge >= 0.3 is 6.09 Å². The third kappa shape index (κ3) is 1.54. The number of carbonyl (C=O) groups is 1. The number of carboxylic acid groups (broad SMARTS) is 1. The van der Waals surface area contributed by atoms with Crippen molar-refractivity contribution in [1.29, 1.82) is 0 Å². The van der Waals surface area contributed by atoms with Gasteiger partial charge in [-0.3, -0.25) is 4.90 Å². The number of hydrogen-bond donors (Lipinski definition) is 1. The molecule has 1 aliphatic carbocycles. The Morgan fingerprint density at radius 2 is 2.46 bits per heavy atom. The highest BCUT2D eigenvalue weighted by Crippen LogP contribution is 2.39. The van der Waals surface area contributed by atoms with E-state index in [4.69, 9.17) is 5.11 Å². The summed E-state index contributed by atoms with van der Waals surface area (Å²) in [6.07, 6.45) is 0.154. The zero-order chi connectivity index (χ0) is 9.42. The second kappa shape index (κ2) is 3.03. The Hall–Kier alpha value is -1.03. The first-order chi connectivity index (χ1) is 6.20. The van der Waals surface area contributed by atoms with Crippen LogP contribution in [0.3, 0.4) is 0 Å². The standard InChI is InChI=1S/C9H11NO2S/c1-6-5-7(6)10(9(11)12)8-3-2-4-13-8/h2-4,6-7H,5H2,1H3,(H,11,12). The molecule has 2 unspecified atom stereocenters. The molecule has 13 heavy (non-hydrogen) atoms. The summed E-state index contributed by atoms with van der Waals surface area (Å²) in [4.78, 5) is 12.4. The van der Waals surface area contributed by atoms with Gasteiger partial charge in [-0.05, 0) is 29.9 Å². The van der Waals surface area contributed by atoms with E-state index in [0.29, 0.717) is 5.92 Å². The molecule has 0 saturated heterocycles. The molecular formula is C9H11NO2S. The van der Waals surface area contributed by atoms with Crippen LogP contribution in [0.1, 0.15) is 13.3 Å². The Labute approximate surface area is 80.6 Å². The first-order valence-corrected chi connectivity index (χ1v) is 5.14. The van der Waals surface area contributed by atoms with E-state index in [9.17, 15) is 4.79 Å². The molecule has 2 rings (SSSR count). The highest BCUT2D eigenvalue weighted by molar-refractivity contribution is 7.14. The maximum atomic E-state index is 11.0. The third-order valence-corrected chi connectivity index (χ3v) is 3.22. The molecular weight excluding hydrogens is 186 g/mol. The highest BCUT2D eigenvalue weighted by Gasteiger charge is 2.41. The van der Waals surface area contributed by atoms with Gasteiger partial charge in [0.1, 0.15) is 5.00 Å². The number of nitrogens with zero attached hydrogens (tertiary/aromatic N) is 1. The van der Waals surface area contributed by atoms with Crippen LogP contribution in [0, 0.1) is 5.92 Å². The van der Waals surface area contributed by atoms with Crippen molar-refractivity contribution in [2.24, 2.45) is 5.92 Å². The van der Waals surface area contributed by atoms with Gasteiger partial charge in [0.15, 0.2) is 0 Å². The molecule has 0 radical (unpaired) electrons. The SMILES string of the molecule is CC1CC1N(C(=O)O)c1cccs1. The summed E-state index contributed by atoms with van der Waals surface area (Å²) in [7, 11) is 0. The predicted molar refractivity (Wildman–Crippen MR) is 52.4 cm³/mol. The van der Waals surface area contributed by atoms with Crippen LogP contribution in [0.15, 0.2) is 17.5 Å². The van der Waals surface area contributed by atoms with Crippen LogP contribution in [0.5, 0.6) is 0 Å². The molecule has 1 fully saturated rings. The zero-order valence-electron chi connectivity index (χ0n) is 7.30. The fourth-order valence-corrected chi connectivity index (χ4v) is 2.25. The lowest BCUT2D eigenvalue weighted by molar-refractivity contribution is 0.201. The minimum Gasteiger partial charge on any atom is -0.465 e. The molecule has 70 valence electrons. The van der Waals surface area contributed by atoms with Crippen molar-refractivity contribution >= 4 is 22.4 Å². The minimum absolute atomic E-state index is 0.205. The fraction of sp³-hybridized carbons (Fsp3) is 0.444. The van der Waals surface area contributed by atoms with Crippen LogP contribution in [-0.4, -0.2) is 17.2 Å². The normalized spacial score (nSPS) is 25.6. The van der Waals surface area contributed by atoms with Crippen molar-refractivity contribution in [2.45, 2.75) is 19.4 Å². The maximum absolute atomic E-state index is 11.0. The van der Waals surface area contributed by atoms with E-state index in [-0.39, 0.29) is 6.04 Å². The van der Waals surface area contributed by atoms with Crippen LogP contribution in [0.4, 0.5) is 9.80 Å². The van der Waals surface area contributed by atoms with E-state index in [2.05, 4.69) is 6.92 Å². The number of rotatable bonds is 2. The van der Waals surface area contributed by atoms with E-state index in [0.717, 1.165) is 11.4 Å². The van der Waals surface area contributed by atoms with Crippen molar-refractivity contribution in [3.05, 3.63) is 17.5 Å². The molecule has 3 nitrogen and oxygen atoms in total. The third-order valence-electron chi connectivity index (χ3n) is 2.35. The molecule has 0 bridgehead atoms. The Morgan fingerprint density at radius 1 is 1.77 bits per heavy atom. The monoisotopic (exact) mass is 197 g/mol. The molecule has 0 aliphatic heterocycles. The van der Waals surface area contributed by atoms with E-state index >= 15 is 0 Å². The van der Waals surface area contributed by atoms with Crippen molar-refractivity contribution in [2.75, 3.05) is 4.90 Å².